The lowest BCUT2D eigenvalue weighted by atomic mass is 9.97. The molecule has 0 amide bonds. The molecule has 0 aliphatic rings. The number of Topliss-reactive ketones (excluding diaryl/α,β-unsaturated/α-hetero) is 1. The van der Waals surface area contributed by atoms with E-state index in [1.165, 1.54) is 5.56 Å². The molecule has 0 unspecified atom stereocenters. The number of carbonyl (C=O) groups excluding carboxylic acids is 1. The van der Waals surface area contributed by atoms with Crippen molar-refractivity contribution >= 4 is 33.3 Å². The van der Waals surface area contributed by atoms with Crippen LogP contribution in [0.1, 0.15) is 23.6 Å². The second kappa shape index (κ2) is 6.29. The quantitative estimate of drug-likeness (QED) is 0.758. The summed E-state index contributed by atoms with van der Waals surface area (Å²) in [5.41, 5.74) is 3.43. The van der Waals surface area contributed by atoms with Crippen LogP contribution in [-0.4, -0.2) is 11.1 Å². The molecule has 0 radical (unpaired) electrons. The molecule has 0 aromatic heterocycles. The molecule has 0 saturated carbocycles. The van der Waals surface area contributed by atoms with Crippen LogP contribution in [0.15, 0.2) is 18.2 Å². The zero-order chi connectivity index (χ0) is 11.3. The van der Waals surface area contributed by atoms with Crippen LogP contribution >= 0.6 is 27.5 Å². The zero-order valence-electron chi connectivity index (χ0n) is 8.72. The number of aryl methyl sites for hydroxylation is 1. The molecule has 1 rings (SSSR count). The van der Waals surface area contributed by atoms with Gasteiger partial charge in [-0.3, -0.25) is 4.79 Å². The molecular weight excluding hydrogens is 275 g/mol. The maximum absolute atomic E-state index is 11.4. The second-order valence-corrected chi connectivity index (χ2v) is 4.22. The second-order valence-electron chi connectivity index (χ2n) is 3.39. The first-order valence-electron chi connectivity index (χ1n) is 4.96. The highest BCUT2D eigenvalue weighted by molar-refractivity contribution is 9.09. The van der Waals surface area contributed by atoms with E-state index in [-0.39, 0.29) is 5.78 Å². The first-order chi connectivity index (χ1) is 7.22. The van der Waals surface area contributed by atoms with Crippen molar-refractivity contribution in [2.24, 2.45) is 0 Å². The standard InChI is InChI=1S/C12H14BrClO/c1-2-9-4-3-5-10(12(9)8-14)6-11(15)7-13/h3-5H,2,6-8H2,1H3. The highest BCUT2D eigenvalue weighted by atomic mass is 79.9. The molecule has 0 saturated heterocycles. The Hall–Kier alpha value is -0.340. The molecular formula is C12H14BrClO. The van der Waals surface area contributed by atoms with Crippen LogP contribution in [0.2, 0.25) is 0 Å². The Bertz CT molecular complexity index is 349. The van der Waals surface area contributed by atoms with E-state index in [2.05, 4.69) is 28.9 Å². The fourth-order valence-corrected chi connectivity index (χ4v) is 2.16. The Morgan fingerprint density at radius 2 is 2.07 bits per heavy atom. The van der Waals surface area contributed by atoms with Gasteiger partial charge in [0.05, 0.1) is 5.33 Å². The highest BCUT2D eigenvalue weighted by Crippen LogP contribution is 2.19. The lowest BCUT2D eigenvalue weighted by Gasteiger charge is -2.10. The van der Waals surface area contributed by atoms with E-state index in [0.717, 1.165) is 17.5 Å². The lowest BCUT2D eigenvalue weighted by molar-refractivity contribution is -0.115. The summed E-state index contributed by atoms with van der Waals surface area (Å²) < 4.78 is 0. The van der Waals surface area contributed by atoms with Gasteiger partial charge >= 0.3 is 0 Å². The summed E-state index contributed by atoms with van der Waals surface area (Å²) in [6.07, 6.45) is 1.43. The van der Waals surface area contributed by atoms with Crippen LogP contribution in [-0.2, 0) is 23.5 Å². The molecule has 0 fully saturated rings. The molecule has 3 heteroatoms. The van der Waals surface area contributed by atoms with Crippen molar-refractivity contribution in [1.82, 2.24) is 0 Å². The maximum Gasteiger partial charge on any atom is 0.147 e. The average Bonchev–Trinajstić information content (AvgIpc) is 2.28. The Balaban J connectivity index is 3.00. The van der Waals surface area contributed by atoms with Crippen molar-refractivity contribution in [3.63, 3.8) is 0 Å². The summed E-state index contributed by atoms with van der Waals surface area (Å²) in [6, 6.07) is 6.04. The smallest absolute Gasteiger partial charge is 0.147 e. The van der Waals surface area contributed by atoms with E-state index in [4.69, 9.17) is 11.6 Å². The van der Waals surface area contributed by atoms with E-state index in [9.17, 15) is 4.79 Å². The predicted molar refractivity (Wildman–Crippen MR) is 67.9 cm³/mol. The molecule has 0 aliphatic carbocycles. The monoisotopic (exact) mass is 288 g/mol. The number of hydrogen-bond donors (Lipinski definition) is 0. The van der Waals surface area contributed by atoms with E-state index in [1.54, 1.807) is 0 Å². The van der Waals surface area contributed by atoms with Gasteiger partial charge in [0, 0.05) is 12.3 Å². The van der Waals surface area contributed by atoms with E-state index < -0.39 is 0 Å². The number of rotatable bonds is 5. The number of halogens is 2. The number of benzene rings is 1. The van der Waals surface area contributed by atoms with Gasteiger partial charge in [0.1, 0.15) is 5.78 Å². The topological polar surface area (TPSA) is 17.1 Å². The van der Waals surface area contributed by atoms with Gasteiger partial charge in [-0.25, -0.2) is 0 Å². The minimum absolute atomic E-state index is 0.189. The van der Waals surface area contributed by atoms with Gasteiger partial charge < -0.3 is 0 Å². The van der Waals surface area contributed by atoms with Crippen molar-refractivity contribution in [3.8, 4) is 0 Å². The normalized spacial score (nSPS) is 10.3. The Kier molecular flexibility index (Phi) is 5.34. The SMILES string of the molecule is CCc1cccc(CC(=O)CBr)c1CCl. The van der Waals surface area contributed by atoms with Gasteiger partial charge in [0.25, 0.3) is 0 Å². The third kappa shape index (κ3) is 3.32. The summed E-state index contributed by atoms with van der Waals surface area (Å²) in [6.45, 7) is 2.10. The van der Waals surface area contributed by atoms with Gasteiger partial charge in [0.15, 0.2) is 0 Å². The third-order valence-corrected chi connectivity index (χ3v) is 3.31. The molecule has 0 spiro atoms. The molecule has 0 aliphatic heterocycles. The lowest BCUT2D eigenvalue weighted by Crippen LogP contribution is -2.07. The number of carbonyl (C=O) groups is 1. The van der Waals surface area contributed by atoms with Crippen LogP contribution in [0.3, 0.4) is 0 Å². The van der Waals surface area contributed by atoms with Crippen LogP contribution in [0.4, 0.5) is 0 Å². The Morgan fingerprint density at radius 1 is 1.40 bits per heavy atom. The minimum Gasteiger partial charge on any atom is -0.298 e. The summed E-state index contributed by atoms with van der Waals surface area (Å²) in [5.74, 6) is 0.671. The van der Waals surface area contributed by atoms with Crippen LogP contribution < -0.4 is 0 Å². The van der Waals surface area contributed by atoms with Crippen LogP contribution in [0, 0.1) is 0 Å². The third-order valence-electron chi connectivity index (χ3n) is 2.42. The van der Waals surface area contributed by atoms with Gasteiger partial charge in [-0.1, -0.05) is 41.1 Å². The summed E-state index contributed by atoms with van der Waals surface area (Å²) in [4.78, 5) is 11.4. The fourth-order valence-electron chi connectivity index (χ4n) is 1.62. The first kappa shape index (κ1) is 12.7. The summed E-state index contributed by atoms with van der Waals surface area (Å²) in [5, 5.41) is 0.408. The van der Waals surface area contributed by atoms with Gasteiger partial charge in [-0.05, 0) is 23.1 Å². The maximum atomic E-state index is 11.4. The summed E-state index contributed by atoms with van der Waals surface area (Å²) in [7, 11) is 0. The van der Waals surface area contributed by atoms with Crippen molar-refractivity contribution in [2.75, 3.05) is 5.33 Å². The Labute approximate surface area is 104 Å². The van der Waals surface area contributed by atoms with E-state index in [1.807, 2.05) is 12.1 Å². The first-order valence-corrected chi connectivity index (χ1v) is 6.61. The average molecular weight is 290 g/mol. The molecule has 1 aromatic rings. The predicted octanol–water partition coefficient (Wildman–Crippen LogP) is 3.49. The summed E-state index contributed by atoms with van der Waals surface area (Å²) >= 11 is 9.09. The van der Waals surface area contributed by atoms with Crippen molar-refractivity contribution in [3.05, 3.63) is 34.9 Å². The van der Waals surface area contributed by atoms with E-state index >= 15 is 0 Å². The largest absolute Gasteiger partial charge is 0.298 e. The van der Waals surface area contributed by atoms with Gasteiger partial charge in [-0.15, -0.1) is 11.6 Å². The number of hydrogen-bond acceptors (Lipinski definition) is 1. The van der Waals surface area contributed by atoms with Crippen molar-refractivity contribution < 1.29 is 4.79 Å². The fraction of sp³-hybridized carbons (Fsp3) is 0.417. The van der Waals surface area contributed by atoms with Crippen molar-refractivity contribution in [1.29, 1.82) is 0 Å². The minimum atomic E-state index is 0.189. The molecule has 0 atom stereocenters. The zero-order valence-corrected chi connectivity index (χ0v) is 11.1. The van der Waals surface area contributed by atoms with E-state index in [0.29, 0.717) is 17.6 Å². The molecule has 0 bridgehead atoms. The highest BCUT2D eigenvalue weighted by Gasteiger charge is 2.09. The van der Waals surface area contributed by atoms with Gasteiger partial charge in [0.2, 0.25) is 0 Å². The molecule has 1 aromatic carbocycles. The molecule has 82 valence electrons. The van der Waals surface area contributed by atoms with Crippen molar-refractivity contribution in [2.45, 2.75) is 25.6 Å². The Morgan fingerprint density at radius 3 is 2.60 bits per heavy atom. The molecule has 15 heavy (non-hydrogen) atoms. The molecule has 1 nitrogen and oxygen atoms in total. The molecule has 0 heterocycles. The van der Waals surface area contributed by atoms with Crippen LogP contribution in [0.5, 0.6) is 0 Å². The van der Waals surface area contributed by atoms with Crippen LogP contribution in [0.25, 0.3) is 0 Å². The molecule has 0 N–H and O–H groups in total. The number of alkyl halides is 2. The van der Waals surface area contributed by atoms with Gasteiger partial charge in [-0.2, -0.15) is 0 Å². The number of ketones is 1.